The number of halogens is 1. The van der Waals surface area contributed by atoms with Gasteiger partial charge in [-0.1, -0.05) is 11.6 Å². The molecule has 0 radical (unpaired) electrons. The molecule has 1 aromatic heterocycles. The van der Waals surface area contributed by atoms with Crippen LogP contribution in [0.15, 0.2) is 29.3 Å². The molecule has 0 bridgehead atoms. The van der Waals surface area contributed by atoms with Crippen LogP contribution >= 0.6 is 11.6 Å². The molecule has 0 amide bonds. The van der Waals surface area contributed by atoms with E-state index in [1.807, 2.05) is 0 Å². The summed E-state index contributed by atoms with van der Waals surface area (Å²) in [5.41, 5.74) is 1.33. The minimum atomic E-state index is -3.66. The first-order valence-electron chi connectivity index (χ1n) is 8.61. The largest absolute Gasteiger partial charge is 0.497 e. The smallest absolute Gasteiger partial charge is 0.317 e. The molecule has 2 aromatic rings. The van der Waals surface area contributed by atoms with E-state index in [4.69, 9.17) is 21.1 Å². The molecule has 1 aromatic carbocycles. The molecule has 146 valence electrons. The van der Waals surface area contributed by atoms with Crippen molar-refractivity contribution in [2.24, 2.45) is 0 Å². The molecule has 7 nitrogen and oxygen atoms in total. The Labute approximate surface area is 164 Å². The Morgan fingerprint density at radius 1 is 1.30 bits per heavy atom. The second-order valence-electron chi connectivity index (χ2n) is 6.48. The molecule has 3 rings (SSSR count). The van der Waals surface area contributed by atoms with Crippen LogP contribution in [0.1, 0.15) is 24.0 Å². The van der Waals surface area contributed by atoms with Crippen LogP contribution < -0.4 is 9.47 Å². The summed E-state index contributed by atoms with van der Waals surface area (Å²) >= 11 is 5.83. The minimum absolute atomic E-state index is 0.142. The maximum Gasteiger partial charge on any atom is 0.317 e. The van der Waals surface area contributed by atoms with E-state index in [0.29, 0.717) is 34.7 Å². The van der Waals surface area contributed by atoms with Crippen LogP contribution in [-0.2, 0) is 10.0 Å². The summed E-state index contributed by atoms with van der Waals surface area (Å²) in [6, 6.07) is 4.89. The lowest BCUT2D eigenvalue weighted by atomic mass is 10.1. The zero-order valence-corrected chi connectivity index (χ0v) is 17.0. The van der Waals surface area contributed by atoms with E-state index in [1.165, 1.54) is 10.5 Å². The second-order valence-corrected chi connectivity index (χ2v) is 8.69. The van der Waals surface area contributed by atoms with Gasteiger partial charge in [-0.25, -0.2) is 13.4 Å². The maximum absolute atomic E-state index is 13.3. The summed E-state index contributed by atoms with van der Waals surface area (Å²) < 4.78 is 39.0. The van der Waals surface area contributed by atoms with Gasteiger partial charge in [0.15, 0.2) is 0 Å². The van der Waals surface area contributed by atoms with Crippen molar-refractivity contribution in [1.82, 2.24) is 14.3 Å². The van der Waals surface area contributed by atoms with E-state index < -0.39 is 10.0 Å². The number of hydrogen-bond donors (Lipinski definition) is 0. The van der Waals surface area contributed by atoms with Gasteiger partial charge in [0.25, 0.3) is 0 Å². The van der Waals surface area contributed by atoms with Gasteiger partial charge in [-0.15, -0.1) is 0 Å². The number of hydrogen-bond acceptors (Lipinski definition) is 6. The number of ether oxygens (including phenoxy) is 2. The third-order valence-electron chi connectivity index (χ3n) is 4.56. The van der Waals surface area contributed by atoms with Crippen molar-refractivity contribution < 1.29 is 17.9 Å². The first-order chi connectivity index (χ1) is 12.8. The lowest BCUT2D eigenvalue weighted by Gasteiger charge is -2.25. The molecule has 1 saturated heterocycles. The van der Waals surface area contributed by atoms with Crippen molar-refractivity contribution in [2.75, 3.05) is 20.3 Å². The predicted molar refractivity (Wildman–Crippen MR) is 102 cm³/mol. The molecule has 0 saturated carbocycles. The molecule has 0 aliphatic carbocycles. The molecular weight excluding hydrogens is 390 g/mol. The Morgan fingerprint density at radius 2 is 2.00 bits per heavy atom. The molecule has 27 heavy (non-hydrogen) atoms. The van der Waals surface area contributed by atoms with Gasteiger partial charge >= 0.3 is 6.01 Å². The number of aromatic nitrogens is 2. The van der Waals surface area contributed by atoms with Gasteiger partial charge in [0.2, 0.25) is 10.0 Å². The van der Waals surface area contributed by atoms with Gasteiger partial charge in [-0.05, 0) is 56.0 Å². The highest BCUT2D eigenvalue weighted by Gasteiger charge is 2.37. The maximum atomic E-state index is 13.3. The average Bonchev–Trinajstić information content (AvgIpc) is 3.08. The van der Waals surface area contributed by atoms with Crippen molar-refractivity contribution >= 4 is 21.6 Å². The third kappa shape index (κ3) is 4.17. The van der Waals surface area contributed by atoms with Crippen LogP contribution in [0, 0.1) is 13.8 Å². The normalized spacial score (nSPS) is 17.9. The van der Waals surface area contributed by atoms with Gasteiger partial charge in [0.1, 0.15) is 17.5 Å². The molecule has 1 aliphatic rings. The van der Waals surface area contributed by atoms with Crippen LogP contribution in [-0.4, -0.2) is 49.0 Å². The fourth-order valence-electron chi connectivity index (χ4n) is 3.41. The summed E-state index contributed by atoms with van der Waals surface area (Å²) in [7, 11) is -2.09. The Balaban J connectivity index is 1.83. The van der Waals surface area contributed by atoms with Gasteiger partial charge < -0.3 is 9.47 Å². The monoisotopic (exact) mass is 411 g/mol. The molecule has 0 N–H and O–H groups in total. The fraction of sp³-hybridized carbons (Fsp3) is 0.444. The van der Waals surface area contributed by atoms with E-state index in [1.54, 1.807) is 39.2 Å². The standard InChI is InChI=1S/C18H22ClN3O4S/c1-12-9-15(25-3)10-13(2)17(12)27(23,24)22-8-4-5-14(22)11-26-18-20-7-6-16(19)21-18/h6-7,9-10,14H,4-5,8,11H2,1-3H3/t14-/m0/s1. The topological polar surface area (TPSA) is 81.6 Å². The summed E-state index contributed by atoms with van der Waals surface area (Å²) in [5.74, 6) is 0.642. The van der Waals surface area contributed by atoms with Crippen molar-refractivity contribution in [3.63, 3.8) is 0 Å². The number of aryl methyl sites for hydroxylation is 2. The Morgan fingerprint density at radius 3 is 2.63 bits per heavy atom. The van der Waals surface area contributed by atoms with Crippen molar-refractivity contribution in [3.05, 3.63) is 40.7 Å². The molecule has 1 atom stereocenters. The quantitative estimate of drug-likeness (QED) is 0.679. The van der Waals surface area contributed by atoms with Crippen LogP contribution in [0.3, 0.4) is 0 Å². The first kappa shape index (κ1) is 19.9. The molecule has 0 spiro atoms. The fourth-order valence-corrected chi connectivity index (χ4v) is 5.63. The Kier molecular flexibility index (Phi) is 5.88. The molecule has 0 unspecified atom stereocenters. The summed E-state index contributed by atoms with van der Waals surface area (Å²) in [6.45, 7) is 4.19. The van der Waals surface area contributed by atoms with Gasteiger partial charge in [-0.2, -0.15) is 9.29 Å². The van der Waals surface area contributed by atoms with Crippen LogP contribution in [0.5, 0.6) is 11.8 Å². The zero-order chi connectivity index (χ0) is 19.6. The van der Waals surface area contributed by atoms with E-state index >= 15 is 0 Å². The number of sulfonamides is 1. The van der Waals surface area contributed by atoms with Gasteiger partial charge in [-0.3, -0.25) is 0 Å². The SMILES string of the molecule is COc1cc(C)c(S(=O)(=O)N2CCC[C@H]2COc2nccc(Cl)n2)c(C)c1. The third-order valence-corrected chi connectivity index (χ3v) is 7.03. The van der Waals surface area contributed by atoms with E-state index in [9.17, 15) is 8.42 Å². The summed E-state index contributed by atoms with van der Waals surface area (Å²) in [6.07, 6.45) is 2.99. The van der Waals surface area contributed by atoms with Crippen molar-refractivity contribution in [3.8, 4) is 11.8 Å². The van der Waals surface area contributed by atoms with Crippen molar-refractivity contribution in [2.45, 2.75) is 37.6 Å². The number of nitrogens with zero attached hydrogens (tertiary/aromatic N) is 3. The van der Waals surface area contributed by atoms with E-state index in [-0.39, 0.29) is 23.8 Å². The first-order valence-corrected chi connectivity index (χ1v) is 10.4. The minimum Gasteiger partial charge on any atom is -0.497 e. The average molecular weight is 412 g/mol. The highest BCUT2D eigenvalue weighted by Crippen LogP contribution is 2.32. The van der Waals surface area contributed by atoms with E-state index in [0.717, 1.165) is 6.42 Å². The molecule has 9 heteroatoms. The Hall–Kier alpha value is -1.90. The highest BCUT2D eigenvalue weighted by atomic mass is 35.5. The number of methoxy groups -OCH3 is 1. The predicted octanol–water partition coefficient (Wildman–Crippen LogP) is 2.99. The van der Waals surface area contributed by atoms with Crippen molar-refractivity contribution in [1.29, 1.82) is 0 Å². The van der Waals surface area contributed by atoms with Gasteiger partial charge in [0, 0.05) is 12.7 Å². The summed E-state index contributed by atoms with van der Waals surface area (Å²) in [5, 5.41) is 0.278. The van der Waals surface area contributed by atoms with Gasteiger partial charge in [0.05, 0.1) is 18.0 Å². The van der Waals surface area contributed by atoms with Crippen LogP contribution in [0.25, 0.3) is 0 Å². The highest BCUT2D eigenvalue weighted by molar-refractivity contribution is 7.89. The molecular formula is C18H22ClN3O4S. The van der Waals surface area contributed by atoms with Crippen LogP contribution in [0.4, 0.5) is 0 Å². The Bertz CT molecular complexity index is 913. The second kappa shape index (κ2) is 8.00. The lowest BCUT2D eigenvalue weighted by molar-refractivity contribution is 0.218. The lowest BCUT2D eigenvalue weighted by Crippen LogP contribution is -2.39. The summed E-state index contributed by atoms with van der Waals surface area (Å²) in [4.78, 5) is 8.30. The molecule has 1 fully saturated rings. The number of benzene rings is 1. The van der Waals surface area contributed by atoms with E-state index in [2.05, 4.69) is 9.97 Å². The molecule has 1 aliphatic heterocycles. The molecule has 2 heterocycles. The number of rotatable bonds is 6. The van der Waals surface area contributed by atoms with Crippen LogP contribution in [0.2, 0.25) is 5.15 Å². The zero-order valence-electron chi connectivity index (χ0n) is 15.5.